The van der Waals surface area contributed by atoms with Crippen LogP contribution in [0.25, 0.3) is 154 Å². The molecule has 2 N–H and O–H groups in total. The van der Waals surface area contributed by atoms with Crippen molar-refractivity contribution in [1.29, 1.82) is 10.8 Å². The summed E-state index contributed by atoms with van der Waals surface area (Å²) in [5.74, 6) is 1.16. The molecule has 0 aliphatic rings. The van der Waals surface area contributed by atoms with E-state index < -0.39 is 0 Å². The summed E-state index contributed by atoms with van der Waals surface area (Å²) in [5.41, 5.74) is 14.6. The lowest BCUT2D eigenvalue weighted by atomic mass is 9.96. The Bertz CT molecular complexity index is 5710. The van der Waals surface area contributed by atoms with Gasteiger partial charge in [0.05, 0.1) is 22.1 Å². The number of hydrogen-bond acceptors (Lipinski definition) is 15. The Morgan fingerprint density at radius 2 is 0.954 bits per heavy atom. The second-order valence-corrected chi connectivity index (χ2v) is 22.5. The monoisotopic (exact) mass is 1150 g/mol. The zero-order chi connectivity index (χ0) is 58.0. The lowest BCUT2D eigenvalue weighted by molar-refractivity contribution is 0.538. The minimum atomic E-state index is -0.159. The van der Waals surface area contributed by atoms with Gasteiger partial charge in [0.25, 0.3) is 11.8 Å². The summed E-state index contributed by atoms with van der Waals surface area (Å²) in [6.45, 7) is 4.18. The van der Waals surface area contributed by atoms with Crippen molar-refractivity contribution < 1.29 is 18.0 Å². The van der Waals surface area contributed by atoms with E-state index in [4.69, 9.17) is 33.4 Å². The number of pyridine rings is 4. The van der Waals surface area contributed by atoms with Gasteiger partial charge >= 0.3 is 0 Å². The molecule has 0 amide bonds. The van der Waals surface area contributed by atoms with Crippen molar-refractivity contribution >= 4 is 109 Å². The van der Waals surface area contributed by atoms with Gasteiger partial charge in [0, 0.05) is 123 Å². The third kappa shape index (κ3) is 8.04. The molecular weight excluding hydrogens is 1100 g/mol. The van der Waals surface area contributed by atoms with Crippen molar-refractivity contribution in [2.24, 2.45) is 0 Å². The predicted molar refractivity (Wildman–Crippen MR) is 340 cm³/mol. The van der Waals surface area contributed by atoms with Crippen LogP contribution in [0.3, 0.4) is 0 Å². The number of furan rings is 1. The van der Waals surface area contributed by atoms with Gasteiger partial charge in [0.15, 0.2) is 0 Å². The maximum atomic E-state index is 9.54. The molecule has 0 bridgehead atoms. The van der Waals surface area contributed by atoms with Crippen molar-refractivity contribution in [2.45, 2.75) is 13.8 Å². The van der Waals surface area contributed by atoms with Crippen molar-refractivity contribution in [3.05, 3.63) is 229 Å². The SMILES string of the molecule is Cc1cc(-n2c3ccncc3c3cc(-c4cc5c(cc4C(=N)OC(=N)c4ccccc4)sc4cc(-c6nnc(-c7ccccc7)o6)ncc45)ccc32)cc2c1oc1c(C)cc(-n3c4ccncc4c4cnc(-c5nnc(-c6ccccc6)o5)cc43)cc12. The Hall–Kier alpha value is -11.8. The van der Waals surface area contributed by atoms with E-state index in [9.17, 15) is 5.41 Å². The minimum Gasteiger partial charge on any atom is -0.456 e. The Morgan fingerprint density at radius 1 is 0.425 bits per heavy atom. The molecular formula is C70H42N12O4S. The number of aryl methyl sites for hydroxylation is 2. The number of rotatable bonds is 9. The van der Waals surface area contributed by atoms with E-state index in [0.29, 0.717) is 46.1 Å². The topological polar surface area (TPSA) is 209 Å². The zero-order valence-electron chi connectivity index (χ0n) is 46.1. The number of ether oxygens (including phenoxy) is 1. The van der Waals surface area contributed by atoms with Crippen LogP contribution < -0.4 is 0 Å². The summed E-state index contributed by atoms with van der Waals surface area (Å²) in [4.78, 5) is 18.9. The summed E-state index contributed by atoms with van der Waals surface area (Å²) in [6.07, 6.45) is 11.1. The standard InChI is InChI=1S/C70H42N12O4S/c1-37-24-43(27-48-49-28-44(25-38(2)64(49)83-63(37)48)82-59-21-23-74-34-52(59)53-35-75-55(31-60(53)82)69-79-77-67(85-69)40-14-8-4-9-15-40)81-57-19-18-42(26-46(57)51-33-73-22-20-58(51)81)45-29-47-54-36-76-56(70-80-78-68(86-70)41-16-10-5-11-17-41)32-62(54)87-61(47)30-50(45)66(72)84-65(71)39-12-6-3-7-13-39/h3-36,71-72H,1-2H3. The molecule has 0 radical (unpaired) electrons. The molecule has 0 fully saturated rings. The molecule has 0 aliphatic heterocycles. The number of hydrogen-bond donors (Lipinski definition) is 2. The number of fused-ring (bicyclic) bond motifs is 12. The van der Waals surface area contributed by atoms with Gasteiger partial charge in [-0.25, -0.2) is 0 Å². The molecule has 17 aromatic rings. The van der Waals surface area contributed by atoms with Crippen molar-refractivity contribution in [2.75, 3.05) is 0 Å². The zero-order valence-corrected chi connectivity index (χ0v) is 47.0. The van der Waals surface area contributed by atoms with Crippen LogP contribution in [0.5, 0.6) is 0 Å². The number of nitrogens with zero attached hydrogens (tertiary/aromatic N) is 10. The fourth-order valence-electron chi connectivity index (χ4n) is 12.1. The summed E-state index contributed by atoms with van der Waals surface area (Å²) < 4.78 is 31.7. The molecule has 0 saturated carbocycles. The number of aromatic nitrogens is 10. The summed E-state index contributed by atoms with van der Waals surface area (Å²) in [6, 6.07) is 55.8. The van der Waals surface area contributed by atoms with Gasteiger partial charge in [-0.1, -0.05) is 60.7 Å². The quantitative estimate of drug-likeness (QED) is 0.102. The van der Waals surface area contributed by atoms with Crippen LogP contribution in [0.2, 0.25) is 0 Å². The van der Waals surface area contributed by atoms with Crippen molar-refractivity contribution in [1.82, 2.24) is 49.5 Å². The highest BCUT2D eigenvalue weighted by Crippen LogP contribution is 2.44. The second kappa shape index (κ2) is 19.4. The predicted octanol–water partition coefficient (Wildman–Crippen LogP) is 16.8. The van der Waals surface area contributed by atoms with Gasteiger partial charge in [-0.05, 0) is 145 Å². The van der Waals surface area contributed by atoms with Crippen LogP contribution in [0.1, 0.15) is 22.3 Å². The maximum Gasteiger partial charge on any atom is 0.266 e. The summed E-state index contributed by atoms with van der Waals surface area (Å²) in [5, 5.41) is 43.5. The average molecular weight is 1150 g/mol. The second-order valence-electron chi connectivity index (χ2n) is 21.4. The Balaban J connectivity index is 0.795. The molecule has 0 spiro atoms. The van der Waals surface area contributed by atoms with Gasteiger partial charge in [-0.3, -0.25) is 30.8 Å². The Kier molecular flexibility index (Phi) is 11.1. The molecule has 10 heterocycles. The van der Waals surface area contributed by atoms with Gasteiger partial charge in [0.1, 0.15) is 22.6 Å². The number of nitrogens with one attached hydrogen (secondary N) is 2. The third-order valence-corrected chi connectivity index (χ3v) is 17.3. The first-order chi connectivity index (χ1) is 42.7. The van der Waals surface area contributed by atoms with Gasteiger partial charge in [-0.2, -0.15) is 0 Å². The average Bonchev–Trinajstić information content (AvgIpc) is 1.84. The molecule has 7 aromatic carbocycles. The highest BCUT2D eigenvalue weighted by Gasteiger charge is 2.25. The third-order valence-electron chi connectivity index (χ3n) is 16.2. The largest absolute Gasteiger partial charge is 0.456 e. The molecule has 0 atom stereocenters. The van der Waals surface area contributed by atoms with E-state index in [1.165, 1.54) is 0 Å². The molecule has 87 heavy (non-hydrogen) atoms. The Labute approximate surface area is 496 Å². The Morgan fingerprint density at radius 3 is 1.59 bits per heavy atom. The molecule has 17 rings (SSSR count). The summed E-state index contributed by atoms with van der Waals surface area (Å²) >= 11 is 1.57. The van der Waals surface area contributed by atoms with E-state index in [-0.39, 0.29) is 11.8 Å². The fraction of sp³-hybridized carbons (Fsp3) is 0.0286. The molecule has 412 valence electrons. The van der Waals surface area contributed by atoms with Crippen LogP contribution >= 0.6 is 11.3 Å². The van der Waals surface area contributed by atoms with Crippen molar-refractivity contribution in [3.63, 3.8) is 0 Å². The first-order valence-electron chi connectivity index (χ1n) is 27.9. The number of thiophene rings is 1. The van der Waals surface area contributed by atoms with E-state index >= 15 is 0 Å². The van der Waals surface area contributed by atoms with Gasteiger partial charge in [-0.15, -0.1) is 31.7 Å². The van der Waals surface area contributed by atoms with Crippen LogP contribution in [0, 0.1) is 24.7 Å². The van der Waals surface area contributed by atoms with E-state index in [1.807, 2.05) is 146 Å². The van der Waals surface area contributed by atoms with E-state index in [2.05, 4.69) is 102 Å². The van der Waals surface area contributed by atoms with E-state index in [1.54, 1.807) is 23.5 Å². The minimum absolute atomic E-state index is 0.130. The molecule has 10 aromatic heterocycles. The maximum absolute atomic E-state index is 9.54. The normalized spacial score (nSPS) is 11.9. The lowest BCUT2D eigenvalue weighted by Gasteiger charge is -2.14. The van der Waals surface area contributed by atoms with E-state index in [0.717, 1.165) is 130 Å². The molecule has 0 unspecified atom stereocenters. The van der Waals surface area contributed by atoms with Crippen molar-refractivity contribution in [3.8, 4) is 68.6 Å². The van der Waals surface area contributed by atoms with Gasteiger partial charge in [0.2, 0.25) is 23.6 Å². The van der Waals surface area contributed by atoms with Gasteiger partial charge < -0.3 is 27.1 Å². The smallest absolute Gasteiger partial charge is 0.266 e. The van der Waals surface area contributed by atoms with Crippen LogP contribution in [-0.2, 0) is 4.74 Å². The highest BCUT2D eigenvalue weighted by atomic mass is 32.1. The lowest BCUT2D eigenvalue weighted by Crippen LogP contribution is -2.13. The van der Waals surface area contributed by atoms with Crippen LogP contribution in [0.15, 0.2) is 220 Å². The first kappa shape index (κ1) is 49.8. The molecule has 0 saturated heterocycles. The molecule has 0 aliphatic carbocycles. The van der Waals surface area contributed by atoms with Crippen LogP contribution in [0.4, 0.5) is 0 Å². The first-order valence-corrected chi connectivity index (χ1v) is 28.7. The molecule has 16 nitrogen and oxygen atoms in total. The summed E-state index contributed by atoms with van der Waals surface area (Å²) in [7, 11) is 0. The van der Waals surface area contributed by atoms with Crippen LogP contribution in [-0.4, -0.2) is 61.3 Å². The number of benzene rings is 7. The molecule has 17 heteroatoms. The highest BCUT2D eigenvalue weighted by molar-refractivity contribution is 7.25. The fourth-order valence-corrected chi connectivity index (χ4v) is 13.3.